The smallest absolute Gasteiger partial charge is 0.386 e. The molecule has 3 aliphatic rings. The lowest BCUT2D eigenvalue weighted by molar-refractivity contribution is -0.203. The number of phosphoric acid groups is 2. The number of nitrogens with zero attached hydrogens (tertiary/aromatic N) is 6. The number of aromatic nitrogens is 8. The van der Waals surface area contributed by atoms with Crippen LogP contribution in [0.15, 0.2) is 22.2 Å². The third kappa shape index (κ3) is 5.33. The minimum atomic E-state index is -5.16. The second-order valence-corrected chi connectivity index (χ2v) is 13.2. The van der Waals surface area contributed by atoms with Gasteiger partial charge >= 0.3 is 15.6 Å². The van der Waals surface area contributed by atoms with Crippen LogP contribution >= 0.6 is 15.6 Å². The molecule has 0 bridgehead atoms. The second kappa shape index (κ2) is 11.0. The van der Waals surface area contributed by atoms with Gasteiger partial charge in [-0.1, -0.05) is 0 Å². The summed E-state index contributed by atoms with van der Waals surface area (Å²) in [6.45, 7) is -1.41. The highest BCUT2D eigenvalue weighted by atomic mass is 31.2. The molecule has 0 aromatic carbocycles. The van der Waals surface area contributed by atoms with E-state index in [9.17, 15) is 33.6 Å². The van der Waals surface area contributed by atoms with E-state index in [1.807, 2.05) is 0 Å². The van der Waals surface area contributed by atoms with E-state index in [-0.39, 0.29) is 34.2 Å². The van der Waals surface area contributed by atoms with Crippen LogP contribution in [0.1, 0.15) is 12.5 Å². The highest BCUT2D eigenvalue weighted by Gasteiger charge is 2.53. The predicted molar refractivity (Wildman–Crippen MR) is 148 cm³/mol. The first-order chi connectivity index (χ1) is 21.7. The summed E-state index contributed by atoms with van der Waals surface area (Å²) in [5, 5.41) is 11.2. The largest absolute Gasteiger partial charge is 0.473 e. The topological polar surface area (TPSA) is 355 Å². The predicted octanol–water partition coefficient (Wildman–Crippen LogP) is -3.08. The Kier molecular flexibility index (Phi) is 7.39. The average Bonchev–Trinajstić information content (AvgIpc) is 3.65. The Balaban J connectivity index is 1.18. The molecule has 46 heavy (non-hydrogen) atoms. The number of nitrogens with one attached hydrogen (secondary N) is 2. The van der Waals surface area contributed by atoms with Crippen molar-refractivity contribution in [1.82, 2.24) is 39.0 Å². The number of nitrogens with two attached hydrogens (primary N) is 3. The molecule has 10 atom stereocenters. The van der Waals surface area contributed by atoms with Crippen LogP contribution in [0, 0.1) is 0 Å². The van der Waals surface area contributed by atoms with E-state index in [0.29, 0.717) is 0 Å². The maximum absolute atomic E-state index is 13.3. The van der Waals surface area contributed by atoms with Gasteiger partial charge in [0.2, 0.25) is 11.9 Å². The minimum Gasteiger partial charge on any atom is -0.386 e. The number of imidazole rings is 2. The second-order valence-electron chi connectivity index (χ2n) is 10.4. The number of H-pyrrole nitrogens is 2. The van der Waals surface area contributed by atoms with Gasteiger partial charge in [0.05, 0.1) is 31.9 Å². The van der Waals surface area contributed by atoms with Crippen LogP contribution in [0.3, 0.4) is 0 Å². The molecule has 26 heteroatoms. The molecule has 0 saturated carbocycles. The van der Waals surface area contributed by atoms with Crippen molar-refractivity contribution in [2.24, 2.45) is 5.73 Å². The molecule has 7 rings (SSSR count). The Morgan fingerprint density at radius 2 is 1.39 bits per heavy atom. The normalized spacial score (nSPS) is 37.1. The summed E-state index contributed by atoms with van der Waals surface area (Å²) in [4.78, 5) is 66.4. The van der Waals surface area contributed by atoms with Crippen LogP contribution in [-0.2, 0) is 36.7 Å². The van der Waals surface area contributed by atoms with Crippen molar-refractivity contribution in [2.45, 2.75) is 49.0 Å². The molecule has 11 N–H and O–H groups in total. The molecular weight excluding hydrogens is 664 g/mol. The molecule has 4 aromatic heterocycles. The zero-order chi connectivity index (χ0) is 32.7. The number of phosphoric ester groups is 2. The van der Waals surface area contributed by atoms with Crippen LogP contribution in [0.25, 0.3) is 22.3 Å². The van der Waals surface area contributed by atoms with E-state index in [1.165, 1.54) is 10.9 Å². The first-order valence-electron chi connectivity index (χ1n) is 13.2. The van der Waals surface area contributed by atoms with Gasteiger partial charge in [-0.15, -0.1) is 0 Å². The Bertz CT molecular complexity index is 1960. The summed E-state index contributed by atoms with van der Waals surface area (Å²) in [6.07, 6.45) is -8.86. The highest BCUT2D eigenvalue weighted by molar-refractivity contribution is 7.47. The van der Waals surface area contributed by atoms with Gasteiger partial charge in [0, 0.05) is 0 Å². The number of hydrogen-bond donors (Lipinski definition) is 8. The zero-order valence-corrected chi connectivity index (χ0v) is 24.7. The van der Waals surface area contributed by atoms with E-state index >= 15 is 0 Å². The number of aliphatic hydroxyl groups excluding tert-OH is 1. The zero-order valence-electron chi connectivity index (χ0n) is 22.9. The molecule has 0 spiro atoms. The molecule has 7 heterocycles. The summed E-state index contributed by atoms with van der Waals surface area (Å²) in [7, 11) is -10.3. The number of nitrogen functional groups attached to an aromatic ring is 2. The Morgan fingerprint density at radius 3 is 2.00 bits per heavy atom. The fourth-order valence-corrected chi connectivity index (χ4v) is 7.60. The number of aromatic amines is 2. The Morgan fingerprint density at radius 1 is 0.826 bits per heavy atom. The molecule has 3 aliphatic heterocycles. The molecule has 248 valence electrons. The van der Waals surface area contributed by atoms with Crippen molar-refractivity contribution >= 4 is 49.9 Å². The molecule has 24 nitrogen and oxygen atoms in total. The quantitative estimate of drug-likeness (QED) is 0.0967. The lowest BCUT2D eigenvalue weighted by Gasteiger charge is -2.40. The highest BCUT2D eigenvalue weighted by Crippen LogP contribution is 2.55. The van der Waals surface area contributed by atoms with Gasteiger partial charge in [-0.3, -0.25) is 46.8 Å². The van der Waals surface area contributed by atoms with Crippen LogP contribution in [0.4, 0.5) is 11.9 Å². The van der Waals surface area contributed by atoms with Crippen molar-refractivity contribution in [1.29, 1.82) is 0 Å². The van der Waals surface area contributed by atoms with Crippen LogP contribution < -0.4 is 28.3 Å². The third-order valence-corrected chi connectivity index (χ3v) is 9.48. The molecule has 3 fully saturated rings. The summed E-state index contributed by atoms with van der Waals surface area (Å²) >= 11 is 0. The fraction of sp³-hybridized carbons (Fsp3) is 0.500. The van der Waals surface area contributed by atoms with Gasteiger partial charge in [0.25, 0.3) is 11.1 Å². The number of aliphatic hydroxyl groups is 1. The van der Waals surface area contributed by atoms with Crippen molar-refractivity contribution < 1.29 is 51.6 Å². The first-order valence-corrected chi connectivity index (χ1v) is 16.2. The minimum absolute atomic E-state index is 0.0402. The molecule has 4 unspecified atom stereocenters. The molecule has 0 aliphatic carbocycles. The van der Waals surface area contributed by atoms with Gasteiger partial charge in [0.1, 0.15) is 30.5 Å². The summed E-state index contributed by atoms with van der Waals surface area (Å²) in [5.74, 6) is -0.511. The first kappa shape index (κ1) is 31.0. The van der Waals surface area contributed by atoms with E-state index in [4.69, 9.17) is 44.8 Å². The molecule has 0 radical (unpaired) electrons. The summed E-state index contributed by atoms with van der Waals surface area (Å²) < 4.78 is 61.4. The van der Waals surface area contributed by atoms with Gasteiger partial charge in [-0.2, -0.15) is 9.97 Å². The standard InChI is InChI=1S/C20H25N11O13P2/c21-7-11-5(41-17(7)30-3-24-8-13(30)26-19(22)28-15(8)33)2-40-45(35,36)44-12-6(42-46(37,38)43-11)1-39-18(10(12)32)31-4-25-9-14(31)27-20(23)29-16(9)34/h3-7,10-12,17-18,32H,1-2,21H2,(H,35,36)(H,37,38)(H3,22,26,28,33)(H3,23,27,29,34)/t5?,6?,7-,10-,11-,12-,17-,18-/m1/s1. The van der Waals surface area contributed by atoms with Gasteiger partial charge in [-0.05, 0) is 0 Å². The number of rotatable bonds is 2. The van der Waals surface area contributed by atoms with Crippen molar-refractivity contribution in [3.05, 3.63) is 33.4 Å². The fourth-order valence-electron chi connectivity index (χ4n) is 5.48. The SMILES string of the molecule is Nc1nc2c(ncn2[C@@H]2OC3COP(=O)(O)O[C@@H]4C(CO[C@@H](n5cnc6c(=O)[nH]c(N)nc65)[C@@H]4O)OP(=O)(O)O[C@H]3[C@H]2N)c(=O)[nH]1. The molecule has 3 saturated heterocycles. The summed E-state index contributed by atoms with van der Waals surface area (Å²) in [5.41, 5.74) is 15.9. The van der Waals surface area contributed by atoms with Crippen LogP contribution in [0.5, 0.6) is 0 Å². The Labute approximate surface area is 253 Å². The van der Waals surface area contributed by atoms with Crippen LogP contribution in [0.2, 0.25) is 0 Å². The maximum Gasteiger partial charge on any atom is 0.473 e. The molecular formula is C20H25N11O13P2. The van der Waals surface area contributed by atoms with Gasteiger partial charge in [0.15, 0.2) is 34.8 Å². The Hall–Kier alpha value is -3.64. The van der Waals surface area contributed by atoms with Crippen molar-refractivity contribution in [3.8, 4) is 0 Å². The van der Waals surface area contributed by atoms with Gasteiger partial charge < -0.3 is 41.6 Å². The average molecular weight is 689 g/mol. The van der Waals surface area contributed by atoms with Crippen molar-refractivity contribution in [2.75, 3.05) is 24.7 Å². The van der Waals surface area contributed by atoms with Gasteiger partial charge in [-0.25, -0.2) is 19.1 Å². The number of hydrogen-bond acceptors (Lipinski definition) is 18. The van der Waals surface area contributed by atoms with Crippen molar-refractivity contribution in [3.63, 3.8) is 0 Å². The molecule has 4 aromatic rings. The lowest BCUT2D eigenvalue weighted by Crippen LogP contribution is -2.52. The number of anilines is 2. The van der Waals surface area contributed by atoms with E-state index in [2.05, 4.69) is 29.9 Å². The van der Waals surface area contributed by atoms with E-state index in [1.54, 1.807) is 0 Å². The van der Waals surface area contributed by atoms with Crippen LogP contribution in [-0.4, -0.2) is 104 Å². The lowest BCUT2D eigenvalue weighted by atomic mass is 10.0. The van der Waals surface area contributed by atoms with E-state index < -0.39 is 89.0 Å². The molecule has 0 amide bonds. The maximum atomic E-state index is 13.3. The third-order valence-electron chi connectivity index (χ3n) is 7.45. The summed E-state index contributed by atoms with van der Waals surface area (Å²) in [6, 6.07) is -1.30. The number of fused-ring (bicyclic) bond motifs is 4. The monoisotopic (exact) mass is 689 g/mol. The van der Waals surface area contributed by atoms with E-state index in [0.717, 1.165) is 10.9 Å². The number of ether oxygens (including phenoxy) is 2.